The summed E-state index contributed by atoms with van der Waals surface area (Å²) in [5.41, 5.74) is 14.2. The lowest BCUT2D eigenvalue weighted by molar-refractivity contribution is 1.02. The molecule has 2 heterocycles. The van der Waals surface area contributed by atoms with Crippen molar-refractivity contribution >= 4 is 61.9 Å². The molecule has 2 aromatic heterocycles. The molecular formula is C54H39N3. The highest BCUT2D eigenvalue weighted by molar-refractivity contribution is 6.16. The third-order valence-corrected chi connectivity index (χ3v) is 11.5. The Hall–Kier alpha value is -7.36. The van der Waals surface area contributed by atoms with Gasteiger partial charge in [-0.15, -0.1) is 0 Å². The van der Waals surface area contributed by atoms with Crippen molar-refractivity contribution in [2.45, 2.75) is 12.8 Å². The Morgan fingerprint density at radius 1 is 0.368 bits per heavy atom. The molecule has 0 spiro atoms. The molecule has 0 N–H and O–H groups in total. The van der Waals surface area contributed by atoms with Gasteiger partial charge in [0.1, 0.15) is 0 Å². The molecule has 11 rings (SSSR count). The Morgan fingerprint density at radius 2 is 0.982 bits per heavy atom. The van der Waals surface area contributed by atoms with Gasteiger partial charge in [-0.3, -0.25) is 0 Å². The lowest BCUT2D eigenvalue weighted by atomic mass is 9.98. The highest BCUT2D eigenvalue weighted by Crippen LogP contribution is 2.40. The summed E-state index contributed by atoms with van der Waals surface area (Å²) in [6.45, 7) is 0. The molecule has 0 amide bonds. The minimum atomic E-state index is 1.04. The predicted octanol–water partition coefficient (Wildman–Crippen LogP) is 12.9. The number of hydrogen-bond acceptors (Lipinski definition) is 1. The van der Waals surface area contributed by atoms with E-state index in [1.54, 1.807) is 0 Å². The van der Waals surface area contributed by atoms with Crippen molar-refractivity contribution in [1.82, 2.24) is 9.13 Å². The first-order valence-corrected chi connectivity index (χ1v) is 19.8. The SMILES string of the molecule is C1=c2c(n(-c3cccc(-c4ccc(N(c5ccccc5)c5ccccc5)cc4)c3)c3cc(-c4cccc5c4c4ccccc4n5-c4ccccc4)ccc23)=CCC1. The number of fused-ring (bicyclic) bond motifs is 6. The predicted molar refractivity (Wildman–Crippen MR) is 241 cm³/mol. The van der Waals surface area contributed by atoms with Crippen LogP contribution in [0.1, 0.15) is 12.8 Å². The zero-order valence-corrected chi connectivity index (χ0v) is 31.5. The van der Waals surface area contributed by atoms with E-state index in [4.69, 9.17) is 0 Å². The van der Waals surface area contributed by atoms with Crippen molar-refractivity contribution < 1.29 is 0 Å². The van der Waals surface area contributed by atoms with Gasteiger partial charge in [-0.1, -0.05) is 133 Å². The molecule has 3 heteroatoms. The fourth-order valence-electron chi connectivity index (χ4n) is 8.99. The minimum Gasteiger partial charge on any atom is -0.311 e. The van der Waals surface area contributed by atoms with Crippen LogP contribution in [0.25, 0.3) is 78.5 Å². The number of para-hydroxylation sites is 4. The van der Waals surface area contributed by atoms with Crippen LogP contribution in [0.4, 0.5) is 17.1 Å². The Morgan fingerprint density at radius 3 is 1.75 bits per heavy atom. The Kier molecular flexibility index (Phi) is 7.96. The van der Waals surface area contributed by atoms with E-state index in [9.17, 15) is 0 Å². The topological polar surface area (TPSA) is 13.1 Å². The van der Waals surface area contributed by atoms with Gasteiger partial charge in [0, 0.05) is 55.2 Å². The van der Waals surface area contributed by atoms with E-state index in [2.05, 4.69) is 226 Å². The first kappa shape index (κ1) is 33.0. The van der Waals surface area contributed by atoms with Gasteiger partial charge in [0.05, 0.1) is 16.6 Å². The van der Waals surface area contributed by atoms with Crippen molar-refractivity contribution in [3.8, 4) is 33.6 Å². The molecule has 0 bridgehead atoms. The highest BCUT2D eigenvalue weighted by atomic mass is 15.1. The third kappa shape index (κ3) is 5.58. The monoisotopic (exact) mass is 729 g/mol. The third-order valence-electron chi connectivity index (χ3n) is 11.5. The van der Waals surface area contributed by atoms with Gasteiger partial charge < -0.3 is 14.0 Å². The lowest BCUT2D eigenvalue weighted by Crippen LogP contribution is -2.30. The molecule has 0 unspecified atom stereocenters. The second-order valence-electron chi connectivity index (χ2n) is 14.8. The van der Waals surface area contributed by atoms with Gasteiger partial charge in [-0.2, -0.15) is 0 Å². The van der Waals surface area contributed by atoms with Crippen LogP contribution in [0.3, 0.4) is 0 Å². The smallest absolute Gasteiger partial charge is 0.0547 e. The normalized spacial score (nSPS) is 12.4. The molecule has 0 fully saturated rings. The van der Waals surface area contributed by atoms with E-state index in [1.807, 2.05) is 0 Å². The first-order chi connectivity index (χ1) is 28.3. The average molecular weight is 730 g/mol. The highest BCUT2D eigenvalue weighted by Gasteiger charge is 2.19. The molecule has 0 aliphatic heterocycles. The summed E-state index contributed by atoms with van der Waals surface area (Å²) < 4.78 is 4.89. The van der Waals surface area contributed by atoms with Crippen LogP contribution >= 0.6 is 0 Å². The van der Waals surface area contributed by atoms with E-state index in [-0.39, 0.29) is 0 Å². The molecule has 10 aromatic rings. The molecular weight excluding hydrogens is 691 g/mol. The van der Waals surface area contributed by atoms with Crippen LogP contribution in [0.2, 0.25) is 0 Å². The Bertz CT molecular complexity index is 3170. The van der Waals surface area contributed by atoms with E-state index < -0.39 is 0 Å². The van der Waals surface area contributed by atoms with Crippen LogP contribution in [-0.4, -0.2) is 9.13 Å². The second kappa shape index (κ2) is 13.7. The second-order valence-corrected chi connectivity index (χ2v) is 14.8. The van der Waals surface area contributed by atoms with Crippen LogP contribution < -0.4 is 15.5 Å². The number of benzene rings is 8. The van der Waals surface area contributed by atoms with E-state index in [1.165, 1.54) is 76.9 Å². The molecule has 1 aliphatic rings. The first-order valence-electron chi connectivity index (χ1n) is 19.8. The molecule has 1 aliphatic carbocycles. The summed E-state index contributed by atoms with van der Waals surface area (Å²) in [4.78, 5) is 2.31. The zero-order chi connectivity index (χ0) is 37.7. The van der Waals surface area contributed by atoms with E-state index in [0.717, 1.165) is 29.9 Å². The van der Waals surface area contributed by atoms with Crippen molar-refractivity contribution in [2.24, 2.45) is 0 Å². The van der Waals surface area contributed by atoms with Crippen LogP contribution in [0, 0.1) is 0 Å². The number of aromatic nitrogens is 2. The maximum Gasteiger partial charge on any atom is 0.0547 e. The van der Waals surface area contributed by atoms with Crippen molar-refractivity contribution in [3.05, 3.63) is 211 Å². The van der Waals surface area contributed by atoms with Crippen LogP contribution in [-0.2, 0) is 0 Å². The van der Waals surface area contributed by atoms with Crippen LogP contribution in [0.5, 0.6) is 0 Å². The molecule has 0 atom stereocenters. The molecule has 8 aromatic carbocycles. The molecule has 0 radical (unpaired) electrons. The summed E-state index contributed by atoms with van der Waals surface area (Å²) in [5, 5.41) is 6.44. The van der Waals surface area contributed by atoms with Gasteiger partial charge in [0.25, 0.3) is 0 Å². The Labute approximate surface area is 331 Å². The van der Waals surface area contributed by atoms with Crippen molar-refractivity contribution in [1.29, 1.82) is 0 Å². The lowest BCUT2D eigenvalue weighted by Gasteiger charge is -2.25. The maximum absolute atomic E-state index is 2.49. The Balaban J connectivity index is 1.04. The van der Waals surface area contributed by atoms with Gasteiger partial charge in [0.15, 0.2) is 0 Å². The van der Waals surface area contributed by atoms with E-state index in [0.29, 0.717) is 0 Å². The standard InChI is InChI=1S/C54H39N3/c1-4-17-41(18-5-1)55(42-19-6-2-7-20-42)44-33-30-38(31-34-44)39-16-14-23-45(36-39)57-50-27-12-10-24-47(50)48-35-32-40(37-53(48)57)46-26-15-29-52-54(46)49-25-11-13-28-51(49)56(52)43-21-8-3-9-22-43/h1-9,11,13-37H,10,12H2. The van der Waals surface area contributed by atoms with Gasteiger partial charge in [0.2, 0.25) is 0 Å². The number of nitrogens with zero attached hydrogens (tertiary/aromatic N) is 3. The van der Waals surface area contributed by atoms with Crippen molar-refractivity contribution in [3.63, 3.8) is 0 Å². The summed E-state index contributed by atoms with van der Waals surface area (Å²) >= 11 is 0. The number of rotatable bonds is 7. The largest absolute Gasteiger partial charge is 0.311 e. The number of hydrogen-bond donors (Lipinski definition) is 0. The maximum atomic E-state index is 2.49. The molecule has 0 saturated heterocycles. The van der Waals surface area contributed by atoms with Crippen LogP contribution in [0.15, 0.2) is 200 Å². The molecule has 57 heavy (non-hydrogen) atoms. The summed E-state index contributed by atoms with van der Waals surface area (Å²) in [7, 11) is 0. The summed E-state index contributed by atoms with van der Waals surface area (Å²) in [6.07, 6.45) is 6.94. The fourth-order valence-corrected chi connectivity index (χ4v) is 8.99. The van der Waals surface area contributed by atoms with E-state index >= 15 is 0 Å². The molecule has 3 nitrogen and oxygen atoms in total. The number of anilines is 3. The van der Waals surface area contributed by atoms with Gasteiger partial charge >= 0.3 is 0 Å². The zero-order valence-electron chi connectivity index (χ0n) is 31.5. The average Bonchev–Trinajstić information content (AvgIpc) is 3.81. The molecule has 0 saturated carbocycles. The van der Waals surface area contributed by atoms with Crippen molar-refractivity contribution in [2.75, 3.05) is 4.90 Å². The molecule has 270 valence electrons. The van der Waals surface area contributed by atoms with Gasteiger partial charge in [-0.05, 0) is 114 Å². The minimum absolute atomic E-state index is 1.04. The summed E-state index contributed by atoms with van der Waals surface area (Å²) in [5.74, 6) is 0. The quantitative estimate of drug-likeness (QED) is 0.159. The van der Waals surface area contributed by atoms with Gasteiger partial charge in [-0.25, -0.2) is 0 Å². The fraction of sp³-hybridized carbons (Fsp3) is 0.0370. The summed E-state index contributed by atoms with van der Waals surface area (Å²) in [6, 6.07) is 72.5.